The minimum absolute atomic E-state index is 0.155. The summed E-state index contributed by atoms with van der Waals surface area (Å²) in [7, 11) is 1.53. The van der Waals surface area contributed by atoms with Crippen molar-refractivity contribution in [3.05, 3.63) is 41.2 Å². The number of nitrogens with one attached hydrogen (secondary N) is 1. The lowest BCUT2D eigenvalue weighted by atomic mass is 10.2. The summed E-state index contributed by atoms with van der Waals surface area (Å²) < 4.78 is 5.25. The quantitative estimate of drug-likeness (QED) is 0.667. The van der Waals surface area contributed by atoms with E-state index in [9.17, 15) is 4.79 Å². The molecule has 2 rings (SSSR count). The van der Waals surface area contributed by atoms with E-state index in [1.54, 1.807) is 37.5 Å². The molecule has 0 aliphatic carbocycles. The molecule has 1 aromatic heterocycles. The lowest BCUT2D eigenvalue weighted by Gasteiger charge is -2.15. The van der Waals surface area contributed by atoms with Crippen molar-refractivity contribution in [3.63, 3.8) is 0 Å². The number of benzene rings is 1. The van der Waals surface area contributed by atoms with E-state index >= 15 is 0 Å². The van der Waals surface area contributed by atoms with Crippen molar-refractivity contribution in [1.82, 2.24) is 9.97 Å². The predicted octanol–water partition coefficient (Wildman–Crippen LogP) is 3.57. The van der Waals surface area contributed by atoms with E-state index in [0.717, 1.165) is 5.56 Å². The van der Waals surface area contributed by atoms with E-state index in [1.165, 1.54) is 18.9 Å². The van der Waals surface area contributed by atoms with Crippen LogP contribution in [0.2, 0.25) is 5.02 Å². The zero-order chi connectivity index (χ0) is 16.1. The van der Waals surface area contributed by atoms with Gasteiger partial charge in [0.25, 0.3) is 0 Å². The van der Waals surface area contributed by atoms with E-state index in [-0.39, 0.29) is 11.2 Å². The number of rotatable bonds is 5. The van der Waals surface area contributed by atoms with Gasteiger partial charge < -0.3 is 10.1 Å². The molecule has 5 nitrogen and oxygen atoms in total. The van der Waals surface area contributed by atoms with Gasteiger partial charge in [0.1, 0.15) is 5.75 Å². The smallest absolute Gasteiger partial charge is 0.237 e. The van der Waals surface area contributed by atoms with Crippen LogP contribution in [-0.4, -0.2) is 28.2 Å². The van der Waals surface area contributed by atoms with Crippen molar-refractivity contribution in [2.24, 2.45) is 0 Å². The highest BCUT2D eigenvalue weighted by Crippen LogP contribution is 2.31. The number of amides is 1. The molecule has 0 bridgehead atoms. The first-order valence-electron chi connectivity index (χ1n) is 6.60. The van der Waals surface area contributed by atoms with Crippen molar-refractivity contribution >= 4 is 35.0 Å². The molecule has 0 saturated heterocycles. The molecule has 0 aliphatic heterocycles. The second kappa shape index (κ2) is 7.47. The molecule has 0 saturated carbocycles. The number of hydrogen-bond donors (Lipinski definition) is 1. The highest BCUT2D eigenvalue weighted by atomic mass is 35.5. The van der Waals surface area contributed by atoms with E-state index in [4.69, 9.17) is 16.3 Å². The number of halogens is 1. The Hall–Kier alpha value is -1.79. The Morgan fingerprint density at radius 1 is 1.36 bits per heavy atom. The van der Waals surface area contributed by atoms with Crippen molar-refractivity contribution in [2.45, 2.75) is 24.3 Å². The topological polar surface area (TPSA) is 64.1 Å². The lowest BCUT2D eigenvalue weighted by molar-refractivity contribution is -0.115. The largest absolute Gasteiger partial charge is 0.495 e. The Morgan fingerprint density at radius 2 is 2.05 bits per heavy atom. The summed E-state index contributed by atoms with van der Waals surface area (Å²) in [6.45, 7) is 3.67. The Morgan fingerprint density at radius 3 is 2.68 bits per heavy atom. The van der Waals surface area contributed by atoms with Crippen molar-refractivity contribution < 1.29 is 9.53 Å². The van der Waals surface area contributed by atoms with Crippen molar-refractivity contribution in [3.8, 4) is 5.75 Å². The van der Waals surface area contributed by atoms with Gasteiger partial charge in [-0.15, -0.1) is 0 Å². The molecule has 1 atom stereocenters. The number of methoxy groups -OCH3 is 1. The molecule has 1 N–H and O–H groups in total. The normalized spacial score (nSPS) is 11.8. The fraction of sp³-hybridized carbons (Fsp3) is 0.267. The minimum Gasteiger partial charge on any atom is -0.495 e. The molecule has 1 unspecified atom stereocenters. The second-order valence-corrected chi connectivity index (χ2v) is 6.30. The van der Waals surface area contributed by atoms with Gasteiger partial charge in [-0.2, -0.15) is 0 Å². The summed E-state index contributed by atoms with van der Waals surface area (Å²) in [5.41, 5.74) is 1.46. The average molecular weight is 338 g/mol. The molecule has 0 spiro atoms. The van der Waals surface area contributed by atoms with Crippen LogP contribution in [0, 0.1) is 6.92 Å². The van der Waals surface area contributed by atoms with Gasteiger partial charge >= 0.3 is 0 Å². The fourth-order valence-corrected chi connectivity index (χ4v) is 2.60. The van der Waals surface area contributed by atoms with Crippen LogP contribution in [0.4, 0.5) is 5.69 Å². The van der Waals surface area contributed by atoms with Crippen LogP contribution in [0.1, 0.15) is 12.5 Å². The number of aryl methyl sites for hydroxylation is 1. The van der Waals surface area contributed by atoms with Crippen LogP contribution < -0.4 is 10.1 Å². The molecule has 1 heterocycles. The predicted molar refractivity (Wildman–Crippen MR) is 88.7 cm³/mol. The summed E-state index contributed by atoms with van der Waals surface area (Å²) in [6.07, 6.45) is 3.29. The van der Waals surface area contributed by atoms with Gasteiger partial charge in [-0.25, -0.2) is 9.97 Å². The van der Waals surface area contributed by atoms with Crippen molar-refractivity contribution in [2.75, 3.05) is 12.4 Å². The van der Waals surface area contributed by atoms with E-state index in [0.29, 0.717) is 21.6 Å². The molecule has 0 aliphatic rings. The number of hydrogen-bond acceptors (Lipinski definition) is 5. The molecule has 22 heavy (non-hydrogen) atoms. The standard InChI is InChI=1S/C15H16ClN3O2S/c1-9-7-12(13(21-3)8-11(9)16)19-14(20)10(2)22-15-17-5-4-6-18-15/h4-8,10H,1-3H3,(H,19,20). The molecule has 1 aromatic carbocycles. The summed E-state index contributed by atoms with van der Waals surface area (Å²) in [6, 6.07) is 5.20. The summed E-state index contributed by atoms with van der Waals surface area (Å²) in [4.78, 5) is 20.5. The monoisotopic (exact) mass is 337 g/mol. The van der Waals surface area contributed by atoms with Crippen LogP contribution in [0.5, 0.6) is 5.75 Å². The van der Waals surface area contributed by atoms with Crippen LogP contribution in [0.3, 0.4) is 0 Å². The van der Waals surface area contributed by atoms with Crippen molar-refractivity contribution in [1.29, 1.82) is 0 Å². The number of carbonyl (C=O) groups excluding carboxylic acids is 1. The van der Waals surface area contributed by atoms with Crippen LogP contribution in [0.25, 0.3) is 0 Å². The van der Waals surface area contributed by atoms with E-state index < -0.39 is 0 Å². The van der Waals surface area contributed by atoms with Gasteiger partial charge in [0.05, 0.1) is 18.0 Å². The second-order valence-electron chi connectivity index (χ2n) is 4.58. The van der Waals surface area contributed by atoms with Gasteiger partial charge in [0.2, 0.25) is 5.91 Å². The molecular formula is C15H16ClN3O2S. The van der Waals surface area contributed by atoms with Gasteiger partial charge in [0.15, 0.2) is 5.16 Å². The number of carbonyl (C=O) groups is 1. The Balaban J connectivity index is 2.10. The Kier molecular flexibility index (Phi) is 5.63. The average Bonchev–Trinajstić information content (AvgIpc) is 2.51. The first-order valence-corrected chi connectivity index (χ1v) is 7.85. The number of ether oxygens (including phenoxy) is 1. The Bertz CT molecular complexity index is 667. The highest BCUT2D eigenvalue weighted by molar-refractivity contribution is 8.00. The maximum atomic E-state index is 12.3. The van der Waals surface area contributed by atoms with Gasteiger partial charge in [-0.3, -0.25) is 4.79 Å². The molecular weight excluding hydrogens is 322 g/mol. The Labute approximate surface area is 138 Å². The maximum Gasteiger partial charge on any atom is 0.237 e. The zero-order valence-electron chi connectivity index (χ0n) is 12.5. The molecule has 116 valence electrons. The number of anilines is 1. The summed E-state index contributed by atoms with van der Waals surface area (Å²) >= 11 is 7.35. The van der Waals surface area contributed by atoms with Crippen LogP contribution in [0.15, 0.2) is 35.7 Å². The lowest BCUT2D eigenvalue weighted by Crippen LogP contribution is -2.23. The minimum atomic E-state index is -0.344. The summed E-state index contributed by atoms with van der Waals surface area (Å²) in [5.74, 6) is 0.370. The fourth-order valence-electron chi connectivity index (χ4n) is 1.72. The van der Waals surface area contributed by atoms with Crippen LogP contribution in [-0.2, 0) is 4.79 Å². The number of aromatic nitrogens is 2. The molecule has 7 heteroatoms. The zero-order valence-corrected chi connectivity index (χ0v) is 14.0. The first kappa shape index (κ1) is 16.6. The number of thioether (sulfide) groups is 1. The highest BCUT2D eigenvalue weighted by Gasteiger charge is 2.18. The third-order valence-corrected chi connectivity index (χ3v) is 4.33. The summed E-state index contributed by atoms with van der Waals surface area (Å²) in [5, 5.41) is 3.66. The molecule has 0 fully saturated rings. The molecule has 1 amide bonds. The number of nitrogens with zero attached hydrogens (tertiary/aromatic N) is 2. The van der Waals surface area contributed by atoms with Gasteiger partial charge in [-0.05, 0) is 31.5 Å². The third kappa shape index (κ3) is 4.11. The maximum absolute atomic E-state index is 12.3. The SMILES string of the molecule is COc1cc(Cl)c(C)cc1NC(=O)C(C)Sc1ncccn1. The van der Waals surface area contributed by atoms with Gasteiger partial charge in [0, 0.05) is 23.5 Å². The third-order valence-electron chi connectivity index (χ3n) is 2.93. The molecule has 2 aromatic rings. The van der Waals surface area contributed by atoms with E-state index in [2.05, 4.69) is 15.3 Å². The molecule has 0 radical (unpaired) electrons. The van der Waals surface area contributed by atoms with Crippen LogP contribution >= 0.6 is 23.4 Å². The first-order chi connectivity index (χ1) is 10.5. The van der Waals surface area contributed by atoms with Gasteiger partial charge in [-0.1, -0.05) is 23.4 Å². The van der Waals surface area contributed by atoms with E-state index in [1.807, 2.05) is 6.92 Å².